The molecule has 1 amide bonds. The van der Waals surface area contributed by atoms with Crippen LogP contribution in [0.3, 0.4) is 0 Å². The lowest BCUT2D eigenvalue weighted by molar-refractivity contribution is -0.135. The maximum atomic E-state index is 12.0. The van der Waals surface area contributed by atoms with E-state index in [4.69, 9.17) is 4.74 Å². The van der Waals surface area contributed by atoms with Crippen LogP contribution < -0.4 is 5.32 Å². The van der Waals surface area contributed by atoms with Crippen molar-refractivity contribution >= 4 is 30.1 Å². The van der Waals surface area contributed by atoms with Crippen LogP contribution in [-0.4, -0.2) is 61.2 Å². The fraction of sp³-hybridized carbons (Fsp3) is 0.909. The highest BCUT2D eigenvalue weighted by Gasteiger charge is 2.26. The largest absolute Gasteiger partial charge is 0.375 e. The molecule has 1 N–H and O–H groups in total. The maximum absolute atomic E-state index is 12.0. The summed E-state index contributed by atoms with van der Waals surface area (Å²) in [5.74, 6) is 2.50. The number of thioether (sulfide) groups is 1. The summed E-state index contributed by atoms with van der Waals surface area (Å²) in [7, 11) is 1.93. The van der Waals surface area contributed by atoms with Gasteiger partial charge in [-0.25, -0.2) is 0 Å². The molecule has 0 bridgehead atoms. The van der Waals surface area contributed by atoms with Crippen LogP contribution in [0, 0.1) is 0 Å². The molecule has 6 heteroatoms. The van der Waals surface area contributed by atoms with Crippen LogP contribution in [0.15, 0.2) is 0 Å². The Balaban J connectivity index is 0.00000144. The van der Waals surface area contributed by atoms with E-state index in [0.29, 0.717) is 12.5 Å². The SMILES string of the molecule is CN(C(=O)CC1CNCCO1)C1CCSC1.Cl. The first-order valence-corrected chi connectivity index (χ1v) is 7.08. The number of halogens is 1. The monoisotopic (exact) mass is 280 g/mol. The standard InChI is InChI=1S/C11H20N2O2S.ClH/c1-13(9-2-5-16-8-9)11(14)6-10-7-12-3-4-15-10;/h9-10,12H,2-8H2,1H3;1H. The molecule has 2 atom stereocenters. The highest BCUT2D eigenvalue weighted by atomic mass is 35.5. The third kappa shape index (κ3) is 4.32. The quantitative estimate of drug-likeness (QED) is 0.828. The van der Waals surface area contributed by atoms with Gasteiger partial charge in [0.1, 0.15) is 0 Å². The van der Waals surface area contributed by atoms with Crippen molar-refractivity contribution in [2.45, 2.75) is 25.0 Å². The van der Waals surface area contributed by atoms with Gasteiger partial charge in [-0.15, -0.1) is 12.4 Å². The molecule has 0 saturated carbocycles. The average molecular weight is 281 g/mol. The summed E-state index contributed by atoms with van der Waals surface area (Å²) in [4.78, 5) is 13.9. The van der Waals surface area contributed by atoms with E-state index in [0.717, 1.165) is 31.9 Å². The fourth-order valence-corrected chi connectivity index (χ4v) is 3.39. The molecule has 0 radical (unpaired) electrons. The van der Waals surface area contributed by atoms with Crippen LogP contribution in [0.25, 0.3) is 0 Å². The first kappa shape index (κ1) is 15.1. The van der Waals surface area contributed by atoms with E-state index in [9.17, 15) is 4.79 Å². The molecule has 100 valence electrons. The van der Waals surface area contributed by atoms with Crippen LogP contribution in [0.4, 0.5) is 0 Å². The second-order valence-corrected chi connectivity index (χ2v) is 5.57. The van der Waals surface area contributed by atoms with Crippen molar-refractivity contribution in [3.63, 3.8) is 0 Å². The van der Waals surface area contributed by atoms with E-state index in [1.807, 2.05) is 23.7 Å². The van der Waals surface area contributed by atoms with Crippen molar-refractivity contribution < 1.29 is 9.53 Å². The number of rotatable bonds is 3. The van der Waals surface area contributed by atoms with Gasteiger partial charge in [0.25, 0.3) is 0 Å². The third-order valence-corrected chi connectivity index (χ3v) is 4.40. The zero-order valence-electron chi connectivity index (χ0n) is 10.2. The van der Waals surface area contributed by atoms with Crippen LogP contribution in [-0.2, 0) is 9.53 Å². The zero-order chi connectivity index (χ0) is 11.4. The van der Waals surface area contributed by atoms with Gasteiger partial charge in [0.2, 0.25) is 5.91 Å². The molecular formula is C11H21ClN2O2S. The molecule has 2 aliphatic heterocycles. The third-order valence-electron chi connectivity index (χ3n) is 3.25. The molecule has 0 aromatic heterocycles. The second-order valence-electron chi connectivity index (χ2n) is 4.42. The summed E-state index contributed by atoms with van der Waals surface area (Å²) in [5, 5.41) is 3.25. The van der Waals surface area contributed by atoms with Crippen molar-refractivity contribution in [3.8, 4) is 0 Å². The van der Waals surface area contributed by atoms with Gasteiger partial charge >= 0.3 is 0 Å². The van der Waals surface area contributed by atoms with Crippen molar-refractivity contribution in [1.82, 2.24) is 10.2 Å². The normalized spacial score (nSPS) is 28.5. The van der Waals surface area contributed by atoms with Crippen molar-refractivity contribution in [2.24, 2.45) is 0 Å². The molecule has 17 heavy (non-hydrogen) atoms. The molecule has 0 spiro atoms. The summed E-state index contributed by atoms with van der Waals surface area (Å²) in [6.45, 7) is 2.43. The molecule has 4 nitrogen and oxygen atoms in total. The summed E-state index contributed by atoms with van der Waals surface area (Å²) in [6.07, 6.45) is 1.72. The Bertz CT molecular complexity index is 244. The molecule has 0 aromatic carbocycles. The fourth-order valence-electron chi connectivity index (χ4n) is 2.12. The van der Waals surface area contributed by atoms with Gasteiger partial charge in [-0.3, -0.25) is 4.79 Å². The van der Waals surface area contributed by atoms with Gasteiger partial charge in [0.15, 0.2) is 0 Å². The number of ether oxygens (including phenoxy) is 1. The van der Waals surface area contributed by atoms with Gasteiger partial charge in [0.05, 0.1) is 19.1 Å². The van der Waals surface area contributed by atoms with Crippen LogP contribution in [0.2, 0.25) is 0 Å². The zero-order valence-corrected chi connectivity index (χ0v) is 11.8. The number of amides is 1. The maximum Gasteiger partial charge on any atom is 0.225 e. The number of hydrogen-bond acceptors (Lipinski definition) is 4. The van der Waals surface area contributed by atoms with Crippen LogP contribution in [0.5, 0.6) is 0 Å². The van der Waals surface area contributed by atoms with E-state index in [1.165, 1.54) is 5.75 Å². The minimum absolute atomic E-state index is 0. The number of carbonyl (C=O) groups excluding carboxylic acids is 1. The topological polar surface area (TPSA) is 41.6 Å². The summed E-state index contributed by atoms with van der Waals surface area (Å²) in [6, 6.07) is 0.439. The first-order chi connectivity index (χ1) is 7.77. The van der Waals surface area contributed by atoms with Crippen molar-refractivity contribution in [1.29, 1.82) is 0 Å². The van der Waals surface area contributed by atoms with E-state index >= 15 is 0 Å². The van der Waals surface area contributed by atoms with E-state index in [-0.39, 0.29) is 24.4 Å². The van der Waals surface area contributed by atoms with Crippen molar-refractivity contribution in [2.75, 3.05) is 38.2 Å². The van der Waals surface area contributed by atoms with Gasteiger partial charge in [-0.05, 0) is 12.2 Å². The average Bonchev–Trinajstić information content (AvgIpc) is 2.83. The summed E-state index contributed by atoms with van der Waals surface area (Å²) < 4.78 is 5.55. The minimum atomic E-state index is 0. The Morgan fingerprint density at radius 1 is 1.59 bits per heavy atom. The Labute approximate surface area is 113 Å². The van der Waals surface area contributed by atoms with Gasteiger partial charge in [0, 0.05) is 31.9 Å². The molecule has 2 unspecified atom stereocenters. The van der Waals surface area contributed by atoms with E-state index in [2.05, 4.69) is 5.32 Å². The highest BCUT2D eigenvalue weighted by Crippen LogP contribution is 2.22. The highest BCUT2D eigenvalue weighted by molar-refractivity contribution is 7.99. The first-order valence-electron chi connectivity index (χ1n) is 5.93. The molecule has 2 fully saturated rings. The molecule has 2 saturated heterocycles. The van der Waals surface area contributed by atoms with E-state index < -0.39 is 0 Å². The molecule has 0 aliphatic carbocycles. The van der Waals surface area contributed by atoms with Gasteiger partial charge in [-0.2, -0.15) is 11.8 Å². The lowest BCUT2D eigenvalue weighted by Crippen LogP contribution is -2.44. The Morgan fingerprint density at radius 2 is 2.41 bits per heavy atom. The Hall–Kier alpha value is 0.0300. The van der Waals surface area contributed by atoms with Gasteiger partial charge < -0.3 is 15.0 Å². The van der Waals surface area contributed by atoms with Crippen LogP contribution in [0.1, 0.15) is 12.8 Å². The predicted molar refractivity (Wildman–Crippen MR) is 73.0 cm³/mol. The predicted octanol–water partition coefficient (Wildman–Crippen LogP) is 0.751. The number of hydrogen-bond donors (Lipinski definition) is 1. The molecular weight excluding hydrogens is 260 g/mol. The second kappa shape index (κ2) is 7.46. The minimum Gasteiger partial charge on any atom is -0.375 e. The summed E-state index contributed by atoms with van der Waals surface area (Å²) in [5.41, 5.74) is 0. The lowest BCUT2D eigenvalue weighted by Gasteiger charge is -2.28. The number of nitrogens with one attached hydrogen (secondary N) is 1. The van der Waals surface area contributed by atoms with Gasteiger partial charge in [-0.1, -0.05) is 0 Å². The van der Waals surface area contributed by atoms with Crippen LogP contribution >= 0.6 is 24.2 Å². The number of carbonyl (C=O) groups is 1. The smallest absolute Gasteiger partial charge is 0.225 e. The lowest BCUT2D eigenvalue weighted by atomic mass is 10.1. The van der Waals surface area contributed by atoms with Crippen molar-refractivity contribution in [3.05, 3.63) is 0 Å². The van der Waals surface area contributed by atoms with E-state index in [1.54, 1.807) is 0 Å². The molecule has 2 rings (SSSR count). The molecule has 2 heterocycles. The Kier molecular flexibility index (Phi) is 6.62. The Morgan fingerprint density at radius 3 is 3.00 bits per heavy atom. The molecule has 2 aliphatic rings. The molecule has 0 aromatic rings. The number of morpholine rings is 1. The number of nitrogens with zero attached hydrogens (tertiary/aromatic N) is 1. The summed E-state index contributed by atoms with van der Waals surface area (Å²) >= 11 is 1.94.